The molecule has 0 amide bonds. The van der Waals surface area contributed by atoms with Crippen molar-refractivity contribution in [2.75, 3.05) is 7.11 Å². The lowest BCUT2D eigenvalue weighted by atomic mass is 10.2. The lowest BCUT2D eigenvalue weighted by molar-refractivity contribution is -0.147. The maximum Gasteiger partial charge on any atom is 0.346 e. The third-order valence-electron chi connectivity index (χ3n) is 1.95. The van der Waals surface area contributed by atoms with Gasteiger partial charge in [0.05, 0.1) is 13.7 Å². The average molecular weight is 210 g/mol. The highest BCUT2D eigenvalue weighted by atomic mass is 16.6. The van der Waals surface area contributed by atoms with Crippen LogP contribution in [0.3, 0.4) is 0 Å². The summed E-state index contributed by atoms with van der Waals surface area (Å²) in [4.78, 5) is 11.1. The van der Waals surface area contributed by atoms with Crippen molar-refractivity contribution in [1.29, 1.82) is 0 Å². The molecule has 15 heavy (non-hydrogen) atoms. The number of benzene rings is 1. The van der Waals surface area contributed by atoms with Crippen LogP contribution in [0.5, 0.6) is 5.75 Å². The molecule has 1 N–H and O–H groups in total. The number of rotatable bonds is 4. The van der Waals surface area contributed by atoms with Gasteiger partial charge in [-0.2, -0.15) is 0 Å². The Morgan fingerprint density at radius 3 is 2.47 bits per heavy atom. The lowest BCUT2D eigenvalue weighted by Gasteiger charge is -2.12. The number of aliphatic hydroxyl groups excluding tert-OH is 1. The van der Waals surface area contributed by atoms with Crippen molar-refractivity contribution in [1.82, 2.24) is 0 Å². The molecule has 1 aromatic rings. The smallest absolute Gasteiger partial charge is 0.346 e. The highest BCUT2D eigenvalue weighted by Crippen LogP contribution is 2.14. The van der Waals surface area contributed by atoms with E-state index in [1.165, 1.54) is 7.11 Å². The Labute approximate surface area is 88.4 Å². The van der Waals surface area contributed by atoms with Gasteiger partial charge in [-0.15, -0.1) is 0 Å². The summed E-state index contributed by atoms with van der Waals surface area (Å²) in [5, 5.41) is 8.82. The fraction of sp³-hybridized carbons (Fsp3) is 0.364. The zero-order chi connectivity index (χ0) is 11.3. The number of methoxy groups -OCH3 is 1. The Morgan fingerprint density at radius 1 is 1.40 bits per heavy atom. The van der Waals surface area contributed by atoms with Gasteiger partial charge in [0.1, 0.15) is 5.75 Å². The van der Waals surface area contributed by atoms with Crippen molar-refractivity contribution in [2.45, 2.75) is 19.6 Å². The fourth-order valence-electron chi connectivity index (χ4n) is 1.09. The Kier molecular flexibility index (Phi) is 4.12. The summed E-state index contributed by atoms with van der Waals surface area (Å²) in [6.45, 7) is 1.61. The second kappa shape index (κ2) is 5.36. The van der Waals surface area contributed by atoms with E-state index in [-0.39, 0.29) is 6.61 Å². The Bertz CT molecular complexity index is 318. The first-order valence-corrected chi connectivity index (χ1v) is 4.61. The monoisotopic (exact) mass is 210 g/mol. The third kappa shape index (κ3) is 3.25. The summed E-state index contributed by atoms with van der Waals surface area (Å²) in [7, 11) is 1.32. The number of hydrogen-bond donors (Lipinski definition) is 1. The molecule has 0 aliphatic carbocycles. The first-order chi connectivity index (χ1) is 7.17. The van der Waals surface area contributed by atoms with Crippen LogP contribution >= 0.6 is 0 Å². The molecule has 4 nitrogen and oxygen atoms in total. The summed E-state index contributed by atoms with van der Waals surface area (Å²) in [6.07, 6.45) is -0.630. The van der Waals surface area contributed by atoms with Gasteiger partial charge in [0.2, 0.25) is 0 Å². The van der Waals surface area contributed by atoms with Gasteiger partial charge in [-0.05, 0) is 24.6 Å². The minimum Gasteiger partial charge on any atom is -0.479 e. The zero-order valence-corrected chi connectivity index (χ0v) is 8.77. The molecule has 82 valence electrons. The Balaban J connectivity index is 2.60. The molecule has 0 saturated carbocycles. The molecule has 0 saturated heterocycles. The van der Waals surface area contributed by atoms with E-state index in [9.17, 15) is 4.79 Å². The maximum atomic E-state index is 11.1. The molecule has 4 heteroatoms. The molecule has 1 aromatic carbocycles. The van der Waals surface area contributed by atoms with Gasteiger partial charge in [-0.3, -0.25) is 0 Å². The van der Waals surface area contributed by atoms with Crippen molar-refractivity contribution in [3.63, 3.8) is 0 Å². The summed E-state index contributed by atoms with van der Waals surface area (Å²) < 4.78 is 9.84. The van der Waals surface area contributed by atoms with Crippen LogP contribution in [-0.2, 0) is 16.1 Å². The summed E-state index contributed by atoms with van der Waals surface area (Å²) in [5.41, 5.74) is 0.799. The van der Waals surface area contributed by atoms with Crippen molar-refractivity contribution in [3.05, 3.63) is 29.8 Å². The van der Waals surface area contributed by atoms with Crippen LogP contribution in [0, 0.1) is 0 Å². The molecule has 0 heterocycles. The van der Waals surface area contributed by atoms with Gasteiger partial charge >= 0.3 is 5.97 Å². The maximum absolute atomic E-state index is 11.1. The Morgan fingerprint density at radius 2 is 2.00 bits per heavy atom. The number of ether oxygens (including phenoxy) is 2. The molecule has 0 fully saturated rings. The van der Waals surface area contributed by atoms with Gasteiger partial charge < -0.3 is 14.6 Å². The van der Waals surface area contributed by atoms with Crippen molar-refractivity contribution >= 4 is 5.97 Å². The number of carbonyl (C=O) groups excluding carboxylic acids is 1. The van der Waals surface area contributed by atoms with Crippen LogP contribution in [0.1, 0.15) is 12.5 Å². The predicted octanol–water partition coefficient (Wildman–Crippen LogP) is 1.12. The van der Waals surface area contributed by atoms with Crippen LogP contribution in [0.2, 0.25) is 0 Å². The quantitative estimate of drug-likeness (QED) is 0.756. The van der Waals surface area contributed by atoms with Crippen molar-refractivity contribution in [3.8, 4) is 5.75 Å². The second-order valence-electron chi connectivity index (χ2n) is 3.09. The van der Waals surface area contributed by atoms with Crippen LogP contribution in [0.4, 0.5) is 0 Å². The fourth-order valence-corrected chi connectivity index (χ4v) is 1.09. The van der Waals surface area contributed by atoms with Crippen LogP contribution in [0.15, 0.2) is 24.3 Å². The number of aliphatic hydroxyl groups is 1. The molecule has 0 aliphatic rings. The third-order valence-corrected chi connectivity index (χ3v) is 1.95. The van der Waals surface area contributed by atoms with E-state index in [1.807, 2.05) is 0 Å². The highest BCUT2D eigenvalue weighted by molar-refractivity contribution is 5.74. The molecule has 1 atom stereocenters. The van der Waals surface area contributed by atoms with Crippen molar-refractivity contribution in [2.24, 2.45) is 0 Å². The van der Waals surface area contributed by atoms with Gasteiger partial charge in [0, 0.05) is 0 Å². The topological polar surface area (TPSA) is 55.8 Å². The summed E-state index contributed by atoms with van der Waals surface area (Å²) in [6, 6.07) is 6.87. The second-order valence-corrected chi connectivity index (χ2v) is 3.09. The average Bonchev–Trinajstić information content (AvgIpc) is 2.29. The molecule has 0 aliphatic heterocycles. The molecule has 0 radical (unpaired) electrons. The zero-order valence-electron chi connectivity index (χ0n) is 8.77. The normalized spacial score (nSPS) is 11.9. The number of carbonyl (C=O) groups is 1. The molecule has 0 aromatic heterocycles. The van der Waals surface area contributed by atoms with Gasteiger partial charge in [-0.1, -0.05) is 12.1 Å². The van der Waals surface area contributed by atoms with E-state index < -0.39 is 12.1 Å². The van der Waals surface area contributed by atoms with E-state index >= 15 is 0 Å². The predicted molar refractivity (Wildman–Crippen MR) is 54.5 cm³/mol. The largest absolute Gasteiger partial charge is 0.479 e. The highest BCUT2D eigenvalue weighted by Gasteiger charge is 2.14. The molecular weight excluding hydrogens is 196 g/mol. The van der Waals surface area contributed by atoms with E-state index in [0.29, 0.717) is 5.75 Å². The van der Waals surface area contributed by atoms with Gasteiger partial charge in [0.25, 0.3) is 0 Å². The van der Waals surface area contributed by atoms with Crippen LogP contribution < -0.4 is 4.74 Å². The first-order valence-electron chi connectivity index (χ1n) is 4.61. The van der Waals surface area contributed by atoms with E-state index in [2.05, 4.69) is 4.74 Å². The molecule has 1 rings (SSSR count). The van der Waals surface area contributed by atoms with Crippen molar-refractivity contribution < 1.29 is 19.4 Å². The molecule has 0 bridgehead atoms. The van der Waals surface area contributed by atoms with Crippen LogP contribution in [-0.4, -0.2) is 24.3 Å². The van der Waals surface area contributed by atoms with E-state index in [1.54, 1.807) is 31.2 Å². The SMILES string of the molecule is COC(=O)[C@H](C)Oc1ccc(CO)cc1. The minimum absolute atomic E-state index is 0.00711. The first kappa shape index (κ1) is 11.5. The molecule has 0 spiro atoms. The molecule has 0 unspecified atom stereocenters. The Hall–Kier alpha value is -1.55. The summed E-state index contributed by atoms with van der Waals surface area (Å²) in [5.74, 6) is 0.159. The van der Waals surface area contributed by atoms with E-state index in [4.69, 9.17) is 9.84 Å². The number of hydrogen-bond acceptors (Lipinski definition) is 4. The van der Waals surface area contributed by atoms with E-state index in [0.717, 1.165) is 5.56 Å². The standard InChI is InChI=1S/C11H14O4/c1-8(11(13)14-2)15-10-5-3-9(7-12)4-6-10/h3-6,8,12H,7H2,1-2H3/t8-/m0/s1. The van der Waals surface area contributed by atoms with Crippen LogP contribution in [0.25, 0.3) is 0 Å². The van der Waals surface area contributed by atoms with Gasteiger partial charge in [0.15, 0.2) is 6.10 Å². The number of esters is 1. The van der Waals surface area contributed by atoms with Gasteiger partial charge in [-0.25, -0.2) is 4.79 Å². The molecular formula is C11H14O4. The summed E-state index contributed by atoms with van der Waals surface area (Å²) >= 11 is 0. The minimum atomic E-state index is -0.630. The lowest BCUT2D eigenvalue weighted by Crippen LogP contribution is -2.24.